The van der Waals surface area contributed by atoms with E-state index in [9.17, 15) is 9.90 Å². The van der Waals surface area contributed by atoms with Crippen molar-refractivity contribution >= 4 is 36.4 Å². The van der Waals surface area contributed by atoms with Crippen LogP contribution in [0.1, 0.15) is 27.3 Å². The number of rotatable bonds is 8. The molecule has 0 saturated carbocycles. The first-order chi connectivity index (χ1) is 20.4. The van der Waals surface area contributed by atoms with Crippen LogP contribution >= 0.6 is 24.8 Å². The van der Waals surface area contributed by atoms with Crippen LogP contribution in [0.4, 0.5) is 5.69 Å². The van der Waals surface area contributed by atoms with E-state index in [1.54, 1.807) is 0 Å². The van der Waals surface area contributed by atoms with E-state index in [2.05, 4.69) is 47.2 Å². The highest BCUT2D eigenvalue weighted by Crippen LogP contribution is 2.36. The largest absolute Gasteiger partial charge is 0.454 e. The molecule has 234 valence electrons. The molecule has 2 N–H and O–H groups in total. The minimum absolute atomic E-state index is 0. The smallest absolute Gasteiger partial charge is 0.271 e. The number of fused-ring (bicyclic) bond motifs is 1. The number of nitrogens with zero attached hydrogens (tertiary/aromatic N) is 4. The second-order valence-electron chi connectivity index (χ2n) is 11.0. The summed E-state index contributed by atoms with van der Waals surface area (Å²) in [4.78, 5) is 22.8. The zero-order valence-electron chi connectivity index (χ0n) is 25.2. The summed E-state index contributed by atoms with van der Waals surface area (Å²) in [5.74, 6) is 1.68. The zero-order chi connectivity index (χ0) is 29.2. The highest BCUT2D eigenvalue weighted by atomic mass is 35.5. The standard InChI is InChI=1S/C33H37N5O4.2ClH/c1-22-8-7-11-28(23(22)2)37-16-14-36(15-17-37)20-27(39)19-34-33(40)31-24(3)38(32(35-31)25-9-5-4-6-10-25)26-12-13-29-30(18-26)42-21-41-29;;/h4-13,18,27,39H,14-17,19-21H2,1-3H3,(H,34,40);2*1H. The minimum Gasteiger partial charge on any atom is -0.454 e. The summed E-state index contributed by atoms with van der Waals surface area (Å²) >= 11 is 0. The number of halogens is 2. The molecular weight excluding hydrogens is 601 g/mol. The first-order valence-corrected chi connectivity index (χ1v) is 14.4. The number of β-amino-alcohol motifs (C(OH)–C–C–N with tert-alkyl or cyclic N) is 1. The first kappa shape index (κ1) is 33.1. The van der Waals surface area contributed by atoms with Crippen LogP contribution in [0.25, 0.3) is 17.1 Å². The van der Waals surface area contributed by atoms with Crippen molar-refractivity contribution in [3.8, 4) is 28.6 Å². The lowest BCUT2D eigenvalue weighted by atomic mass is 10.1. The molecule has 11 heteroatoms. The molecule has 1 amide bonds. The van der Waals surface area contributed by atoms with Gasteiger partial charge in [0.05, 0.1) is 17.5 Å². The molecule has 4 aromatic rings. The van der Waals surface area contributed by atoms with E-state index in [-0.39, 0.29) is 44.1 Å². The molecule has 1 unspecified atom stereocenters. The lowest BCUT2D eigenvalue weighted by Crippen LogP contribution is -2.50. The number of carbonyl (C=O) groups excluding carboxylic acids is 1. The monoisotopic (exact) mass is 639 g/mol. The summed E-state index contributed by atoms with van der Waals surface area (Å²) < 4.78 is 13.0. The van der Waals surface area contributed by atoms with E-state index in [0.717, 1.165) is 37.4 Å². The first-order valence-electron chi connectivity index (χ1n) is 14.4. The Hall–Kier alpha value is -3.76. The Labute approximate surface area is 270 Å². The van der Waals surface area contributed by atoms with E-state index in [1.165, 1.54) is 16.8 Å². The summed E-state index contributed by atoms with van der Waals surface area (Å²) in [7, 11) is 0. The molecule has 1 fully saturated rings. The molecule has 9 nitrogen and oxygen atoms in total. The summed E-state index contributed by atoms with van der Waals surface area (Å²) in [6, 6.07) is 21.9. The minimum atomic E-state index is -0.689. The number of aliphatic hydroxyl groups is 1. The van der Waals surface area contributed by atoms with Crippen molar-refractivity contribution in [2.75, 3.05) is 51.0 Å². The van der Waals surface area contributed by atoms with E-state index >= 15 is 0 Å². The van der Waals surface area contributed by atoms with Gasteiger partial charge in [-0.25, -0.2) is 4.98 Å². The van der Waals surface area contributed by atoms with E-state index in [1.807, 2.05) is 60.0 Å². The second-order valence-corrected chi connectivity index (χ2v) is 11.0. The van der Waals surface area contributed by atoms with Gasteiger partial charge in [0, 0.05) is 56.6 Å². The van der Waals surface area contributed by atoms with Gasteiger partial charge in [-0.15, -0.1) is 24.8 Å². The number of amides is 1. The predicted molar refractivity (Wildman–Crippen MR) is 177 cm³/mol. The lowest BCUT2D eigenvalue weighted by Gasteiger charge is -2.37. The summed E-state index contributed by atoms with van der Waals surface area (Å²) in [6.45, 7) is 10.6. The molecule has 44 heavy (non-hydrogen) atoms. The van der Waals surface area contributed by atoms with E-state index in [0.29, 0.717) is 35.3 Å². The SMILES string of the molecule is Cc1cccc(N2CCN(CC(O)CNC(=O)c3nc(-c4ccccc4)n(-c4ccc5c(c4)OCO5)c3C)CC2)c1C.Cl.Cl. The molecule has 0 spiro atoms. The number of aryl methyl sites for hydroxylation is 1. The van der Waals surface area contributed by atoms with E-state index < -0.39 is 6.10 Å². The molecule has 3 heterocycles. The number of piperazine rings is 1. The van der Waals surface area contributed by atoms with Gasteiger partial charge in [-0.3, -0.25) is 14.3 Å². The molecule has 0 aliphatic carbocycles. The molecule has 1 aromatic heterocycles. The number of aromatic nitrogens is 2. The third-order valence-corrected chi connectivity index (χ3v) is 8.23. The number of imidazole rings is 1. The Kier molecular flexibility index (Phi) is 10.8. The van der Waals surface area contributed by atoms with Crippen molar-refractivity contribution in [2.45, 2.75) is 26.9 Å². The number of aliphatic hydroxyl groups excluding tert-OH is 1. The van der Waals surface area contributed by atoms with Gasteiger partial charge >= 0.3 is 0 Å². The Morgan fingerprint density at radius 3 is 2.41 bits per heavy atom. The van der Waals surface area contributed by atoms with Crippen LogP contribution in [0.3, 0.4) is 0 Å². The van der Waals surface area contributed by atoms with Crippen LogP contribution in [-0.4, -0.2) is 77.6 Å². The van der Waals surface area contributed by atoms with Crippen molar-refractivity contribution in [2.24, 2.45) is 0 Å². The molecule has 1 saturated heterocycles. The molecular formula is C33H39Cl2N5O4. The highest BCUT2D eigenvalue weighted by molar-refractivity contribution is 5.94. The Bertz CT molecular complexity index is 1590. The maximum atomic E-state index is 13.4. The normalized spacial score (nSPS) is 14.9. The summed E-state index contributed by atoms with van der Waals surface area (Å²) in [5.41, 5.74) is 6.63. The van der Waals surface area contributed by atoms with Gasteiger partial charge in [-0.2, -0.15) is 0 Å². The zero-order valence-corrected chi connectivity index (χ0v) is 26.8. The number of anilines is 1. The maximum absolute atomic E-state index is 13.4. The van der Waals surface area contributed by atoms with Crippen LogP contribution in [0, 0.1) is 20.8 Å². The van der Waals surface area contributed by atoms with Gasteiger partial charge in [0.25, 0.3) is 5.91 Å². The van der Waals surface area contributed by atoms with Crippen molar-refractivity contribution in [3.05, 3.63) is 89.2 Å². The number of carbonyl (C=O) groups is 1. The van der Waals surface area contributed by atoms with Crippen molar-refractivity contribution in [3.63, 3.8) is 0 Å². The van der Waals surface area contributed by atoms with Crippen LogP contribution in [0.2, 0.25) is 0 Å². The molecule has 1 atom stereocenters. The predicted octanol–water partition coefficient (Wildman–Crippen LogP) is 4.95. The summed E-state index contributed by atoms with van der Waals surface area (Å²) in [6.07, 6.45) is -0.689. The van der Waals surface area contributed by atoms with Crippen LogP contribution < -0.4 is 19.7 Å². The third kappa shape index (κ3) is 6.81. The average Bonchev–Trinajstić information content (AvgIpc) is 3.62. The molecule has 2 aliphatic heterocycles. The topological polar surface area (TPSA) is 92.1 Å². The number of hydrogen-bond acceptors (Lipinski definition) is 7. The van der Waals surface area contributed by atoms with E-state index in [4.69, 9.17) is 14.5 Å². The Morgan fingerprint density at radius 1 is 0.932 bits per heavy atom. The summed E-state index contributed by atoms with van der Waals surface area (Å²) in [5, 5.41) is 13.7. The van der Waals surface area contributed by atoms with Crippen LogP contribution in [0.5, 0.6) is 11.5 Å². The Balaban J connectivity index is 0.00000221. The van der Waals surface area contributed by atoms with Gasteiger partial charge in [-0.1, -0.05) is 42.5 Å². The van der Waals surface area contributed by atoms with Crippen LogP contribution in [0.15, 0.2) is 66.7 Å². The molecule has 6 rings (SSSR count). The number of hydrogen-bond donors (Lipinski definition) is 2. The fourth-order valence-corrected chi connectivity index (χ4v) is 5.74. The van der Waals surface area contributed by atoms with Gasteiger partial charge in [0.15, 0.2) is 11.5 Å². The number of nitrogens with one attached hydrogen (secondary N) is 1. The van der Waals surface area contributed by atoms with Gasteiger partial charge < -0.3 is 24.8 Å². The van der Waals surface area contributed by atoms with Gasteiger partial charge in [0.2, 0.25) is 6.79 Å². The van der Waals surface area contributed by atoms with Crippen molar-refractivity contribution < 1.29 is 19.4 Å². The van der Waals surface area contributed by atoms with Gasteiger partial charge in [-0.05, 0) is 50.1 Å². The average molecular weight is 641 g/mol. The third-order valence-electron chi connectivity index (χ3n) is 8.23. The molecule has 0 bridgehead atoms. The fraction of sp³-hybridized carbons (Fsp3) is 0.333. The second kappa shape index (κ2) is 14.3. The van der Waals surface area contributed by atoms with Gasteiger partial charge in [0.1, 0.15) is 11.5 Å². The van der Waals surface area contributed by atoms with Crippen molar-refractivity contribution in [1.82, 2.24) is 19.8 Å². The maximum Gasteiger partial charge on any atom is 0.271 e. The molecule has 0 radical (unpaired) electrons. The number of benzene rings is 3. The quantitative estimate of drug-likeness (QED) is 0.282. The highest BCUT2D eigenvalue weighted by Gasteiger charge is 2.25. The lowest BCUT2D eigenvalue weighted by molar-refractivity contribution is 0.0847. The van der Waals surface area contributed by atoms with Crippen LogP contribution in [-0.2, 0) is 0 Å². The molecule has 2 aliphatic rings. The van der Waals surface area contributed by atoms with Crippen molar-refractivity contribution in [1.29, 1.82) is 0 Å². The number of ether oxygens (including phenoxy) is 2. The molecule has 3 aromatic carbocycles. The Morgan fingerprint density at radius 2 is 1.66 bits per heavy atom. The fourth-order valence-electron chi connectivity index (χ4n) is 5.74.